The van der Waals surface area contributed by atoms with Crippen molar-refractivity contribution in [2.45, 2.75) is 58.8 Å². The molecule has 5 atom stereocenters. The molecule has 234 valence electrons. The number of carbonyl (C=O) groups excluding carboxylic acids is 1. The number of benzene rings is 1. The van der Waals surface area contributed by atoms with Crippen LogP contribution in [0.1, 0.15) is 52.5 Å². The predicted octanol–water partition coefficient (Wildman–Crippen LogP) is 6.10. The molecule has 5 unspecified atom stereocenters. The van der Waals surface area contributed by atoms with Gasteiger partial charge in [-0.25, -0.2) is 5.01 Å². The summed E-state index contributed by atoms with van der Waals surface area (Å²) in [6, 6.07) is 8.94. The van der Waals surface area contributed by atoms with E-state index in [1.54, 1.807) is 38.5 Å². The maximum absolute atomic E-state index is 12.9. The Bertz CT molecular complexity index is 1250. The van der Waals surface area contributed by atoms with E-state index in [2.05, 4.69) is 17.9 Å². The van der Waals surface area contributed by atoms with Gasteiger partial charge in [0.05, 0.1) is 12.5 Å². The topological polar surface area (TPSA) is 152 Å². The first-order valence-corrected chi connectivity index (χ1v) is 14.5. The number of amidine groups is 1. The monoisotopic (exact) mass is 593 g/mol. The molecule has 10 heteroatoms. The summed E-state index contributed by atoms with van der Waals surface area (Å²) in [4.78, 5) is 12.9. The predicted molar refractivity (Wildman–Crippen MR) is 167 cm³/mol. The van der Waals surface area contributed by atoms with Crippen molar-refractivity contribution >= 4 is 17.5 Å². The van der Waals surface area contributed by atoms with Gasteiger partial charge in [0.25, 0.3) is 0 Å². The minimum absolute atomic E-state index is 0.0594. The number of nitrogens with one attached hydrogen (secondary N) is 3. The fourth-order valence-electron chi connectivity index (χ4n) is 5.13. The number of methoxy groups -OCH3 is 2. The second-order valence-electron chi connectivity index (χ2n) is 11.2. The van der Waals surface area contributed by atoms with Crippen LogP contribution in [0.15, 0.2) is 76.7 Å². The number of likely N-dealkylation sites (N-methyl/N-ethyl adjacent to an activating group) is 1. The van der Waals surface area contributed by atoms with Crippen LogP contribution in [0.4, 0.5) is 0 Å². The number of aliphatic hydroxyl groups is 1. The van der Waals surface area contributed by atoms with Crippen molar-refractivity contribution in [1.82, 2.24) is 5.01 Å². The molecular weight excluding hydrogens is 546 g/mol. The van der Waals surface area contributed by atoms with Crippen LogP contribution >= 0.6 is 0 Å². The van der Waals surface area contributed by atoms with Gasteiger partial charge in [-0.3, -0.25) is 15.6 Å². The summed E-state index contributed by atoms with van der Waals surface area (Å²) >= 11 is 0. The Morgan fingerprint density at radius 2 is 1.86 bits per heavy atom. The second-order valence-corrected chi connectivity index (χ2v) is 11.2. The largest absolute Gasteiger partial charge is 0.462 e. The first-order chi connectivity index (χ1) is 20.4. The highest BCUT2D eigenvalue weighted by molar-refractivity contribution is 6.44. The Balaban J connectivity index is 0.000000385. The highest BCUT2D eigenvalue weighted by atomic mass is 16.7. The fourth-order valence-corrected chi connectivity index (χ4v) is 5.13. The lowest BCUT2D eigenvalue weighted by molar-refractivity contribution is -0.243. The van der Waals surface area contributed by atoms with Gasteiger partial charge >= 0.3 is 5.97 Å². The number of nitrogens with zero attached hydrogens (tertiary/aromatic N) is 2. The minimum Gasteiger partial charge on any atom is -0.462 e. The van der Waals surface area contributed by atoms with Crippen LogP contribution < -0.4 is 0 Å². The number of hydrogen-bond donors (Lipinski definition) is 4. The average Bonchev–Trinajstić information content (AvgIpc) is 3.00. The number of carbonyl (C=O) groups is 1. The molecule has 2 aliphatic rings. The summed E-state index contributed by atoms with van der Waals surface area (Å²) in [5, 5.41) is 28.5. The molecule has 1 fully saturated rings. The molecule has 10 nitrogen and oxygen atoms in total. The van der Waals surface area contributed by atoms with Crippen molar-refractivity contribution in [1.29, 1.82) is 16.3 Å². The van der Waals surface area contributed by atoms with E-state index >= 15 is 0 Å². The fraction of sp³-hybridized carbons (Fsp3) is 0.515. The lowest BCUT2D eigenvalue weighted by Gasteiger charge is -2.43. The number of rotatable bonds is 12. The Labute approximate surface area is 255 Å². The van der Waals surface area contributed by atoms with E-state index in [0.717, 1.165) is 29.0 Å². The summed E-state index contributed by atoms with van der Waals surface area (Å²) in [5.74, 6) is -0.660. The molecule has 0 saturated heterocycles. The Hall–Kier alpha value is -3.69. The molecule has 0 aromatic heterocycles. The molecule has 0 heterocycles. The maximum Gasteiger partial charge on any atom is 0.309 e. The normalized spacial score (nSPS) is 22.8. The van der Waals surface area contributed by atoms with Crippen molar-refractivity contribution < 1.29 is 24.1 Å². The molecule has 43 heavy (non-hydrogen) atoms. The van der Waals surface area contributed by atoms with Crippen LogP contribution in [0.25, 0.3) is 0 Å². The zero-order valence-electron chi connectivity index (χ0n) is 26.4. The van der Waals surface area contributed by atoms with Crippen molar-refractivity contribution in [2.75, 3.05) is 27.9 Å². The van der Waals surface area contributed by atoms with Gasteiger partial charge in [-0.15, -0.1) is 5.73 Å². The van der Waals surface area contributed by atoms with E-state index in [9.17, 15) is 9.90 Å². The molecule has 2 aliphatic carbocycles. The third-order valence-electron chi connectivity index (χ3n) is 8.45. The molecule has 1 aromatic carbocycles. The molecule has 3 rings (SSSR count). The molecule has 4 N–H and O–H groups in total. The molecule has 0 radical (unpaired) electrons. The summed E-state index contributed by atoms with van der Waals surface area (Å²) in [7, 11) is 4.66. The number of hydrogen-bond acceptors (Lipinski definition) is 9. The van der Waals surface area contributed by atoms with Crippen molar-refractivity contribution in [2.24, 2.45) is 28.9 Å². The number of esters is 1. The molecule has 1 saturated carbocycles. The molecule has 0 bridgehead atoms. The van der Waals surface area contributed by atoms with Crippen LogP contribution in [0, 0.1) is 40.0 Å². The Kier molecular flexibility index (Phi) is 13.9. The molecule has 0 amide bonds. The Morgan fingerprint density at radius 1 is 1.21 bits per heavy atom. The van der Waals surface area contributed by atoms with Crippen LogP contribution in [0.3, 0.4) is 0 Å². The van der Waals surface area contributed by atoms with E-state index < -0.39 is 5.79 Å². The van der Waals surface area contributed by atoms with E-state index in [0.29, 0.717) is 17.9 Å². The quantitative estimate of drug-likeness (QED) is 0.0437. The van der Waals surface area contributed by atoms with Crippen LogP contribution in [-0.4, -0.2) is 67.4 Å². The van der Waals surface area contributed by atoms with Crippen molar-refractivity contribution in [3.8, 4) is 0 Å². The van der Waals surface area contributed by atoms with Gasteiger partial charge in [0.2, 0.25) is 0 Å². The van der Waals surface area contributed by atoms with Crippen LogP contribution in [0.2, 0.25) is 0 Å². The zero-order valence-corrected chi connectivity index (χ0v) is 26.4. The number of aliphatic hydroxyl groups excluding tert-OH is 1. The maximum atomic E-state index is 12.9. The summed E-state index contributed by atoms with van der Waals surface area (Å²) in [5.41, 5.74) is 12.8. The van der Waals surface area contributed by atoms with Gasteiger partial charge in [-0.05, 0) is 62.2 Å². The smallest absolute Gasteiger partial charge is 0.309 e. The number of allylic oxidation sites excluding steroid dienone is 4. The summed E-state index contributed by atoms with van der Waals surface area (Å²) < 4.78 is 16.8. The van der Waals surface area contributed by atoms with E-state index in [1.807, 2.05) is 51.1 Å². The van der Waals surface area contributed by atoms with Crippen molar-refractivity contribution in [3.05, 3.63) is 77.1 Å². The second kappa shape index (κ2) is 16.8. The minimum atomic E-state index is -0.801. The van der Waals surface area contributed by atoms with Gasteiger partial charge < -0.3 is 19.3 Å². The summed E-state index contributed by atoms with van der Waals surface area (Å²) in [6.07, 6.45) is 10.1. The lowest BCUT2D eigenvalue weighted by atomic mass is 9.63. The molecule has 0 spiro atoms. The van der Waals surface area contributed by atoms with Crippen LogP contribution in [-0.2, 0) is 19.0 Å². The van der Waals surface area contributed by atoms with Gasteiger partial charge in [-0.2, -0.15) is 5.53 Å². The highest BCUT2D eigenvalue weighted by Crippen LogP contribution is 2.45. The molecule has 1 aromatic rings. The van der Waals surface area contributed by atoms with Gasteiger partial charge in [-0.1, -0.05) is 67.6 Å². The summed E-state index contributed by atoms with van der Waals surface area (Å²) in [6.45, 7) is 7.89. The van der Waals surface area contributed by atoms with Gasteiger partial charge in [0, 0.05) is 32.7 Å². The highest BCUT2D eigenvalue weighted by Gasteiger charge is 2.45. The van der Waals surface area contributed by atoms with E-state index in [1.165, 1.54) is 7.05 Å². The standard InChI is InChI=1S/C24H36O5.C9H11N5/c1-16-13-21(14-19-9-7-11-20(15-25)12-8-10-19)22(16)23(26)29-18(3)17(2)24(4,27-5)28-6;1-14(13-12)9(11)8(10)7-5-3-2-4-6-7/h7-9,11,16-18,21-22,25H,12-15H2,1-6H3;2-6,10-12H,1H3/b9-7-,20-11+;. The van der Waals surface area contributed by atoms with Gasteiger partial charge in [0.15, 0.2) is 11.6 Å². The number of ether oxygens (including phenoxy) is 3. The first-order valence-electron chi connectivity index (χ1n) is 14.5. The zero-order chi connectivity index (χ0) is 32.2. The SMILES string of the molecule is CN(N=N)C(=N)C(=N)c1ccccc1.COC(C)(OC)C(C)C(C)OC(=O)C1C(C)CC1CC1=C=CC/C(CO)=C\C=C/1. The van der Waals surface area contributed by atoms with E-state index in [-0.39, 0.29) is 48.0 Å². The third kappa shape index (κ3) is 9.66. The lowest BCUT2D eigenvalue weighted by Crippen LogP contribution is -2.47. The third-order valence-corrected chi connectivity index (χ3v) is 8.45. The van der Waals surface area contributed by atoms with Crippen LogP contribution in [0.5, 0.6) is 0 Å². The van der Waals surface area contributed by atoms with Crippen molar-refractivity contribution in [3.63, 3.8) is 0 Å². The van der Waals surface area contributed by atoms with E-state index in [4.69, 9.17) is 30.6 Å². The Morgan fingerprint density at radius 3 is 2.42 bits per heavy atom. The first kappa shape index (κ1) is 35.5. The van der Waals surface area contributed by atoms with Gasteiger partial charge in [0.1, 0.15) is 11.8 Å². The molecular formula is C33H47N5O5. The molecule has 0 aliphatic heterocycles. The average molecular weight is 594 g/mol.